The fourth-order valence-electron chi connectivity index (χ4n) is 7.29. The number of aliphatic hydroxyl groups excluding tert-OH is 2. The van der Waals surface area contributed by atoms with Gasteiger partial charge >= 0.3 is 0 Å². The van der Waals surface area contributed by atoms with Gasteiger partial charge in [-0.15, -0.1) is 0 Å². The van der Waals surface area contributed by atoms with Crippen LogP contribution >= 0.6 is 0 Å². The zero-order valence-electron chi connectivity index (χ0n) is 40.6. The summed E-state index contributed by atoms with van der Waals surface area (Å²) in [6.07, 6.45) is 79.4. The number of hydrogen-bond donors (Lipinski definition) is 3. The van der Waals surface area contributed by atoms with E-state index in [1.165, 1.54) is 122 Å². The number of carbonyl (C=O) groups is 1. The van der Waals surface area contributed by atoms with Crippen LogP contribution in [0.2, 0.25) is 0 Å². The van der Waals surface area contributed by atoms with E-state index in [1.807, 2.05) is 6.08 Å². The van der Waals surface area contributed by atoms with Gasteiger partial charge in [-0.1, -0.05) is 245 Å². The van der Waals surface area contributed by atoms with Gasteiger partial charge in [0.1, 0.15) is 0 Å². The van der Waals surface area contributed by atoms with E-state index in [0.717, 1.165) is 89.9 Å². The molecule has 0 aliphatic carbocycles. The maximum Gasteiger partial charge on any atom is 0.220 e. The maximum atomic E-state index is 12.4. The number of hydrogen-bond acceptors (Lipinski definition) is 3. The summed E-state index contributed by atoms with van der Waals surface area (Å²) < 4.78 is 0. The van der Waals surface area contributed by atoms with Crippen molar-refractivity contribution in [1.82, 2.24) is 5.32 Å². The van der Waals surface area contributed by atoms with E-state index in [9.17, 15) is 15.0 Å². The standard InChI is InChI=1S/C58H99NO3/c1-3-5-7-9-11-13-15-17-19-21-23-25-26-27-28-29-30-31-32-34-36-38-40-42-44-46-48-50-52-54-58(62)59-56(55-60)57(61)53-51-49-47-45-43-41-39-37-35-33-24-22-20-18-16-14-12-10-8-6-4-2/h5,7,11,13,17,19,23,25,27-28,30-31,34,36,43,45,51,53,56-57,60-61H,3-4,6,8-10,12,14-16,18,20-22,24,26,29,32-33,35,37-42,44,46-50,52,54-55H2,1-2H3,(H,59,62)/b7-5-,13-11-,19-17-,25-23-,28-27-,31-30-,36-34-,45-43+,53-51+. The highest BCUT2D eigenvalue weighted by Gasteiger charge is 2.17. The molecule has 62 heavy (non-hydrogen) atoms. The van der Waals surface area contributed by atoms with Gasteiger partial charge in [0.05, 0.1) is 18.8 Å². The number of rotatable bonds is 46. The van der Waals surface area contributed by atoms with Gasteiger partial charge in [-0.25, -0.2) is 0 Å². The monoisotopic (exact) mass is 858 g/mol. The molecule has 0 aromatic rings. The molecular weight excluding hydrogens is 759 g/mol. The van der Waals surface area contributed by atoms with Gasteiger partial charge < -0.3 is 15.5 Å². The smallest absolute Gasteiger partial charge is 0.220 e. The van der Waals surface area contributed by atoms with Crippen LogP contribution in [0.5, 0.6) is 0 Å². The first-order chi connectivity index (χ1) is 30.7. The van der Waals surface area contributed by atoms with Crippen molar-refractivity contribution in [2.24, 2.45) is 0 Å². The largest absolute Gasteiger partial charge is 0.394 e. The molecule has 0 rings (SSSR count). The Morgan fingerprint density at radius 2 is 0.726 bits per heavy atom. The van der Waals surface area contributed by atoms with Crippen LogP contribution in [0.15, 0.2) is 109 Å². The summed E-state index contributed by atoms with van der Waals surface area (Å²) in [7, 11) is 0. The molecule has 0 bridgehead atoms. The average molecular weight is 858 g/mol. The molecule has 354 valence electrons. The summed E-state index contributed by atoms with van der Waals surface area (Å²) in [5, 5.41) is 23.1. The van der Waals surface area contributed by atoms with E-state index in [2.05, 4.69) is 116 Å². The zero-order valence-corrected chi connectivity index (χ0v) is 40.6. The number of aliphatic hydroxyl groups is 2. The van der Waals surface area contributed by atoms with Gasteiger partial charge in [0.2, 0.25) is 5.91 Å². The summed E-state index contributed by atoms with van der Waals surface area (Å²) >= 11 is 0. The number of amides is 1. The number of unbranched alkanes of at least 4 members (excludes halogenated alkanes) is 23. The number of nitrogens with one attached hydrogen (secondary N) is 1. The Kier molecular flexibility index (Phi) is 49.9. The predicted octanol–water partition coefficient (Wildman–Crippen LogP) is 17.1. The predicted molar refractivity (Wildman–Crippen MR) is 276 cm³/mol. The molecule has 0 aromatic heterocycles. The van der Waals surface area contributed by atoms with Crippen LogP contribution in [0.4, 0.5) is 0 Å². The van der Waals surface area contributed by atoms with E-state index in [-0.39, 0.29) is 12.5 Å². The lowest BCUT2D eigenvalue weighted by Gasteiger charge is -2.19. The van der Waals surface area contributed by atoms with Gasteiger partial charge in [-0.05, 0) is 89.9 Å². The minimum atomic E-state index is -0.875. The summed E-state index contributed by atoms with van der Waals surface area (Å²) in [5.41, 5.74) is 0. The third-order valence-electron chi connectivity index (χ3n) is 11.2. The molecule has 0 aliphatic heterocycles. The van der Waals surface area contributed by atoms with Crippen LogP contribution in [0.25, 0.3) is 0 Å². The highest BCUT2D eigenvalue weighted by molar-refractivity contribution is 5.76. The van der Waals surface area contributed by atoms with Crippen LogP contribution in [0.3, 0.4) is 0 Å². The van der Waals surface area contributed by atoms with Crippen molar-refractivity contribution in [2.45, 2.75) is 244 Å². The van der Waals surface area contributed by atoms with Gasteiger partial charge in [-0.2, -0.15) is 0 Å². The van der Waals surface area contributed by atoms with E-state index >= 15 is 0 Å². The normalized spacial score (nSPS) is 13.8. The zero-order chi connectivity index (χ0) is 44.9. The van der Waals surface area contributed by atoms with E-state index in [4.69, 9.17) is 0 Å². The van der Waals surface area contributed by atoms with E-state index in [0.29, 0.717) is 6.42 Å². The van der Waals surface area contributed by atoms with Crippen molar-refractivity contribution < 1.29 is 15.0 Å². The second kappa shape index (κ2) is 52.4. The van der Waals surface area contributed by atoms with Gasteiger partial charge in [0, 0.05) is 6.42 Å². The lowest BCUT2D eigenvalue weighted by atomic mass is 10.0. The van der Waals surface area contributed by atoms with Gasteiger partial charge in [0.15, 0.2) is 0 Å². The molecule has 0 spiro atoms. The minimum absolute atomic E-state index is 0.0889. The molecule has 0 aromatic carbocycles. The van der Waals surface area contributed by atoms with E-state index < -0.39 is 12.1 Å². The van der Waals surface area contributed by atoms with Crippen molar-refractivity contribution in [2.75, 3.05) is 6.61 Å². The van der Waals surface area contributed by atoms with Crippen LogP contribution in [-0.4, -0.2) is 34.9 Å². The molecule has 0 fully saturated rings. The molecule has 0 saturated carbocycles. The fraction of sp³-hybridized carbons (Fsp3) is 0.672. The topological polar surface area (TPSA) is 69.6 Å². The van der Waals surface area contributed by atoms with Crippen molar-refractivity contribution >= 4 is 5.91 Å². The lowest BCUT2D eigenvalue weighted by Crippen LogP contribution is -2.45. The fourth-order valence-corrected chi connectivity index (χ4v) is 7.29. The van der Waals surface area contributed by atoms with Crippen molar-refractivity contribution in [1.29, 1.82) is 0 Å². The second-order valence-corrected chi connectivity index (χ2v) is 17.2. The minimum Gasteiger partial charge on any atom is -0.394 e. The van der Waals surface area contributed by atoms with E-state index in [1.54, 1.807) is 6.08 Å². The highest BCUT2D eigenvalue weighted by Crippen LogP contribution is 2.15. The first kappa shape index (κ1) is 59.0. The van der Waals surface area contributed by atoms with Crippen molar-refractivity contribution in [3.8, 4) is 0 Å². The molecule has 2 atom stereocenters. The Balaban J connectivity index is 3.66. The van der Waals surface area contributed by atoms with Crippen LogP contribution in [-0.2, 0) is 4.79 Å². The molecule has 0 heterocycles. The molecular formula is C58H99NO3. The Bertz CT molecular complexity index is 1200. The Morgan fingerprint density at radius 3 is 1.13 bits per heavy atom. The molecule has 4 heteroatoms. The average Bonchev–Trinajstić information content (AvgIpc) is 3.28. The molecule has 1 amide bonds. The molecule has 3 N–H and O–H groups in total. The van der Waals surface area contributed by atoms with Crippen molar-refractivity contribution in [3.05, 3.63) is 109 Å². The molecule has 4 nitrogen and oxygen atoms in total. The van der Waals surface area contributed by atoms with Crippen LogP contribution in [0, 0.1) is 0 Å². The Morgan fingerprint density at radius 1 is 0.403 bits per heavy atom. The van der Waals surface area contributed by atoms with Crippen LogP contribution in [0.1, 0.15) is 232 Å². The first-order valence-corrected chi connectivity index (χ1v) is 26.1. The van der Waals surface area contributed by atoms with Crippen molar-refractivity contribution in [3.63, 3.8) is 0 Å². The molecule has 0 saturated heterocycles. The summed E-state index contributed by atoms with van der Waals surface area (Å²) in [6, 6.07) is -0.654. The quantitative estimate of drug-likeness (QED) is 0.0422. The number of carbonyl (C=O) groups excluding carboxylic acids is 1. The SMILES string of the molecule is CC/C=C\C/C=C\C/C=C\C/C=C\C/C=C\C/C=C\C/C=C\CCCCCCCCCC(=O)NC(CO)C(O)/C=C/CC/C=C/CCCCCCCCCCCCCCCCC. The summed E-state index contributed by atoms with van der Waals surface area (Å²) in [5.74, 6) is -0.0889. The molecule has 0 radical (unpaired) electrons. The Labute approximate surface area is 385 Å². The van der Waals surface area contributed by atoms with Crippen LogP contribution < -0.4 is 5.32 Å². The first-order valence-electron chi connectivity index (χ1n) is 26.1. The summed E-state index contributed by atoms with van der Waals surface area (Å²) in [4.78, 5) is 12.4. The third-order valence-corrected chi connectivity index (χ3v) is 11.2. The molecule has 2 unspecified atom stereocenters. The third kappa shape index (κ3) is 48.1. The lowest BCUT2D eigenvalue weighted by molar-refractivity contribution is -0.123. The van der Waals surface area contributed by atoms with Gasteiger partial charge in [-0.3, -0.25) is 4.79 Å². The highest BCUT2D eigenvalue weighted by atomic mass is 16.3. The molecule has 0 aliphatic rings. The maximum absolute atomic E-state index is 12.4. The Hall–Kier alpha value is -2.95. The van der Waals surface area contributed by atoms with Gasteiger partial charge in [0.25, 0.3) is 0 Å². The second-order valence-electron chi connectivity index (χ2n) is 17.2. The summed E-state index contributed by atoms with van der Waals surface area (Å²) in [6.45, 7) is 4.18. The number of allylic oxidation sites excluding steroid dienone is 17.